The molecule has 4 nitrogen and oxygen atoms in total. The topological polar surface area (TPSA) is 58.7 Å². The highest BCUT2D eigenvalue weighted by Gasteiger charge is 2.33. The lowest BCUT2D eigenvalue weighted by Crippen LogP contribution is -2.54. The second kappa shape index (κ2) is 5.49. The fraction of sp³-hybridized carbons (Fsp3) is 0.600. The SMILES string of the molecule is Cc1cc(N2CC(CO)OC(C)(C)C2)ccc1CN. The minimum atomic E-state index is -0.244. The van der Waals surface area contributed by atoms with Crippen LogP contribution in [0.4, 0.5) is 5.69 Å². The average Bonchev–Trinajstić information content (AvgIpc) is 2.36. The molecule has 1 unspecified atom stereocenters. The standard InChI is InChI=1S/C15H24N2O2/c1-11-6-13(5-4-12(11)7-16)17-8-14(9-18)19-15(2,3)10-17/h4-6,14,18H,7-10,16H2,1-3H3. The lowest BCUT2D eigenvalue weighted by molar-refractivity contribution is -0.101. The van der Waals surface area contributed by atoms with E-state index in [-0.39, 0.29) is 18.3 Å². The summed E-state index contributed by atoms with van der Waals surface area (Å²) in [6.07, 6.45) is -0.127. The third-order valence-electron chi connectivity index (χ3n) is 3.60. The minimum Gasteiger partial charge on any atom is -0.394 e. The number of benzene rings is 1. The summed E-state index contributed by atoms with van der Waals surface area (Å²) in [5, 5.41) is 9.36. The maximum atomic E-state index is 9.36. The van der Waals surface area contributed by atoms with Crippen molar-refractivity contribution in [3.8, 4) is 0 Å². The second-order valence-electron chi connectivity index (χ2n) is 5.88. The van der Waals surface area contributed by atoms with Gasteiger partial charge in [-0.15, -0.1) is 0 Å². The summed E-state index contributed by atoms with van der Waals surface area (Å²) in [5.74, 6) is 0. The van der Waals surface area contributed by atoms with Crippen LogP contribution in [-0.4, -0.2) is 36.5 Å². The van der Waals surface area contributed by atoms with Gasteiger partial charge in [0.05, 0.1) is 18.3 Å². The minimum absolute atomic E-state index is 0.0554. The molecule has 1 atom stereocenters. The maximum absolute atomic E-state index is 9.36. The van der Waals surface area contributed by atoms with Crippen LogP contribution in [0, 0.1) is 6.92 Å². The van der Waals surface area contributed by atoms with Crippen molar-refractivity contribution in [2.24, 2.45) is 5.73 Å². The molecule has 0 aliphatic carbocycles. The first-order chi connectivity index (χ1) is 8.95. The molecule has 2 rings (SSSR count). The van der Waals surface area contributed by atoms with Crippen LogP contribution in [0.25, 0.3) is 0 Å². The van der Waals surface area contributed by atoms with Crippen LogP contribution in [0.3, 0.4) is 0 Å². The number of aliphatic hydroxyl groups excluding tert-OH is 1. The molecule has 0 radical (unpaired) electrons. The highest BCUT2D eigenvalue weighted by Crippen LogP contribution is 2.27. The van der Waals surface area contributed by atoms with Gasteiger partial charge in [-0.25, -0.2) is 0 Å². The van der Waals surface area contributed by atoms with Gasteiger partial charge in [0.25, 0.3) is 0 Å². The van der Waals surface area contributed by atoms with E-state index in [1.165, 1.54) is 16.8 Å². The molecule has 3 N–H and O–H groups in total. The van der Waals surface area contributed by atoms with Crippen molar-refractivity contribution in [1.29, 1.82) is 0 Å². The van der Waals surface area contributed by atoms with Crippen LogP contribution in [0.15, 0.2) is 18.2 Å². The molecule has 0 spiro atoms. The molecule has 106 valence electrons. The van der Waals surface area contributed by atoms with Gasteiger partial charge in [-0.2, -0.15) is 0 Å². The lowest BCUT2D eigenvalue weighted by atomic mass is 10.0. The number of nitrogens with zero attached hydrogens (tertiary/aromatic N) is 1. The predicted molar refractivity (Wildman–Crippen MR) is 77.3 cm³/mol. The number of nitrogens with two attached hydrogens (primary N) is 1. The monoisotopic (exact) mass is 264 g/mol. The summed E-state index contributed by atoms with van der Waals surface area (Å²) in [4.78, 5) is 2.28. The van der Waals surface area contributed by atoms with Gasteiger partial charge in [-0.1, -0.05) is 6.07 Å². The van der Waals surface area contributed by atoms with Crippen molar-refractivity contribution < 1.29 is 9.84 Å². The summed E-state index contributed by atoms with van der Waals surface area (Å²) in [6, 6.07) is 6.35. The van der Waals surface area contributed by atoms with E-state index in [9.17, 15) is 5.11 Å². The van der Waals surface area contributed by atoms with Crippen LogP contribution in [0.5, 0.6) is 0 Å². The Morgan fingerprint density at radius 3 is 2.79 bits per heavy atom. The Morgan fingerprint density at radius 2 is 2.21 bits per heavy atom. The normalized spacial score (nSPS) is 22.6. The van der Waals surface area contributed by atoms with Crippen LogP contribution in [0.1, 0.15) is 25.0 Å². The van der Waals surface area contributed by atoms with Gasteiger partial charge in [0, 0.05) is 25.3 Å². The summed E-state index contributed by atoms with van der Waals surface area (Å²) in [6.45, 7) is 8.37. The first-order valence-corrected chi connectivity index (χ1v) is 6.78. The Bertz CT molecular complexity index is 446. The molecule has 1 aliphatic heterocycles. The Hall–Kier alpha value is -1.10. The van der Waals surface area contributed by atoms with Crippen molar-refractivity contribution in [2.45, 2.75) is 39.0 Å². The Balaban J connectivity index is 2.23. The van der Waals surface area contributed by atoms with Crippen molar-refractivity contribution in [3.05, 3.63) is 29.3 Å². The molecule has 1 fully saturated rings. The van der Waals surface area contributed by atoms with Gasteiger partial charge in [0.1, 0.15) is 0 Å². The van der Waals surface area contributed by atoms with E-state index in [0.29, 0.717) is 6.54 Å². The molecule has 1 heterocycles. The molecule has 0 saturated carbocycles. The second-order valence-corrected chi connectivity index (χ2v) is 5.88. The third-order valence-corrected chi connectivity index (χ3v) is 3.60. The van der Waals surface area contributed by atoms with E-state index >= 15 is 0 Å². The van der Waals surface area contributed by atoms with E-state index in [1.807, 2.05) is 0 Å². The zero-order chi connectivity index (χ0) is 14.0. The summed E-state index contributed by atoms with van der Waals surface area (Å²) >= 11 is 0. The van der Waals surface area contributed by atoms with Gasteiger partial charge in [0.2, 0.25) is 0 Å². The van der Waals surface area contributed by atoms with E-state index in [1.54, 1.807) is 0 Å². The fourth-order valence-electron chi connectivity index (χ4n) is 2.69. The summed E-state index contributed by atoms with van der Waals surface area (Å²) in [5.41, 5.74) is 9.01. The average molecular weight is 264 g/mol. The number of ether oxygens (including phenoxy) is 1. The molecule has 1 saturated heterocycles. The van der Waals surface area contributed by atoms with Crippen molar-refractivity contribution in [2.75, 3.05) is 24.6 Å². The number of hydrogen-bond donors (Lipinski definition) is 2. The molecule has 0 aromatic heterocycles. The zero-order valence-electron chi connectivity index (χ0n) is 12.0. The van der Waals surface area contributed by atoms with Crippen molar-refractivity contribution >= 4 is 5.69 Å². The molecular weight excluding hydrogens is 240 g/mol. The Morgan fingerprint density at radius 1 is 1.47 bits per heavy atom. The van der Waals surface area contributed by atoms with Crippen molar-refractivity contribution in [1.82, 2.24) is 0 Å². The zero-order valence-corrected chi connectivity index (χ0v) is 12.0. The molecule has 1 aromatic carbocycles. The van der Waals surface area contributed by atoms with Gasteiger partial charge >= 0.3 is 0 Å². The lowest BCUT2D eigenvalue weighted by Gasteiger charge is -2.43. The molecule has 19 heavy (non-hydrogen) atoms. The van der Waals surface area contributed by atoms with Gasteiger partial charge in [0.15, 0.2) is 0 Å². The van der Waals surface area contributed by atoms with Crippen molar-refractivity contribution in [3.63, 3.8) is 0 Å². The first kappa shape index (κ1) is 14.3. The predicted octanol–water partition coefficient (Wildman–Crippen LogP) is 1.43. The highest BCUT2D eigenvalue weighted by atomic mass is 16.5. The van der Waals surface area contributed by atoms with Gasteiger partial charge < -0.3 is 20.5 Å². The number of anilines is 1. The number of morpholine rings is 1. The molecule has 1 aromatic rings. The Labute approximate surface area is 115 Å². The van der Waals surface area contributed by atoms with Crippen LogP contribution in [0.2, 0.25) is 0 Å². The molecule has 0 amide bonds. The number of aryl methyl sites for hydroxylation is 1. The molecule has 0 bridgehead atoms. The largest absolute Gasteiger partial charge is 0.394 e. The molecule has 1 aliphatic rings. The van der Waals surface area contributed by atoms with Crippen LogP contribution < -0.4 is 10.6 Å². The number of rotatable bonds is 3. The van der Waals surface area contributed by atoms with Crippen LogP contribution >= 0.6 is 0 Å². The molecular formula is C15H24N2O2. The van der Waals surface area contributed by atoms with E-state index in [0.717, 1.165) is 13.1 Å². The van der Waals surface area contributed by atoms with Gasteiger partial charge in [-0.05, 0) is 44.0 Å². The summed E-state index contributed by atoms with van der Waals surface area (Å²) < 4.78 is 5.84. The fourth-order valence-corrected chi connectivity index (χ4v) is 2.69. The van der Waals surface area contributed by atoms with Crippen LogP contribution in [-0.2, 0) is 11.3 Å². The first-order valence-electron chi connectivity index (χ1n) is 6.78. The molecule has 4 heteroatoms. The highest BCUT2D eigenvalue weighted by molar-refractivity contribution is 5.51. The number of aliphatic hydroxyl groups is 1. The third kappa shape index (κ3) is 3.26. The van der Waals surface area contributed by atoms with E-state index < -0.39 is 0 Å². The van der Waals surface area contributed by atoms with E-state index in [4.69, 9.17) is 10.5 Å². The van der Waals surface area contributed by atoms with E-state index in [2.05, 4.69) is 43.9 Å². The maximum Gasteiger partial charge on any atom is 0.0988 e. The smallest absolute Gasteiger partial charge is 0.0988 e. The number of hydrogen-bond acceptors (Lipinski definition) is 4. The summed E-state index contributed by atoms with van der Waals surface area (Å²) in [7, 11) is 0. The quantitative estimate of drug-likeness (QED) is 0.867. The van der Waals surface area contributed by atoms with Gasteiger partial charge in [-0.3, -0.25) is 0 Å². The Kier molecular flexibility index (Phi) is 4.13.